The van der Waals surface area contributed by atoms with Crippen LogP contribution < -0.4 is 0 Å². The highest BCUT2D eigenvalue weighted by atomic mass is 16.1. The summed E-state index contributed by atoms with van der Waals surface area (Å²) in [7, 11) is 0. The Morgan fingerprint density at radius 2 is 2.50 bits per heavy atom. The fraction of sp³-hybridized carbons (Fsp3) is 0.500. The van der Waals surface area contributed by atoms with Crippen LogP contribution in [0.3, 0.4) is 0 Å². The second-order valence-corrected chi connectivity index (χ2v) is 2.70. The van der Waals surface area contributed by atoms with Gasteiger partial charge in [-0.1, -0.05) is 5.57 Å². The van der Waals surface area contributed by atoms with E-state index >= 15 is 0 Å². The Bertz CT molecular complexity index is 191. The highest BCUT2D eigenvalue weighted by molar-refractivity contribution is 5.96. The maximum Gasteiger partial charge on any atom is 0.159 e. The Morgan fingerprint density at radius 1 is 1.80 bits per heavy atom. The first-order valence-electron chi connectivity index (χ1n) is 3.38. The van der Waals surface area contributed by atoms with Crippen molar-refractivity contribution < 1.29 is 9.59 Å². The molecule has 0 aromatic rings. The molecule has 1 aliphatic rings. The van der Waals surface area contributed by atoms with Crippen molar-refractivity contribution in [1.82, 2.24) is 0 Å². The molecule has 54 valence electrons. The smallest absolute Gasteiger partial charge is 0.159 e. The van der Waals surface area contributed by atoms with Gasteiger partial charge in [-0.05, 0) is 19.4 Å². The summed E-state index contributed by atoms with van der Waals surface area (Å²) in [4.78, 5) is 21.0. The van der Waals surface area contributed by atoms with Gasteiger partial charge in [-0.2, -0.15) is 0 Å². The van der Waals surface area contributed by atoms with Crippen LogP contribution in [0.4, 0.5) is 0 Å². The number of rotatable bonds is 2. The summed E-state index contributed by atoms with van der Waals surface area (Å²) in [5, 5.41) is 0. The Morgan fingerprint density at radius 3 is 2.90 bits per heavy atom. The van der Waals surface area contributed by atoms with Crippen LogP contribution in [0.1, 0.15) is 19.8 Å². The van der Waals surface area contributed by atoms with Crippen LogP contribution in [-0.2, 0) is 9.59 Å². The largest absolute Gasteiger partial charge is 0.303 e. The van der Waals surface area contributed by atoms with Crippen molar-refractivity contribution in [3.05, 3.63) is 11.6 Å². The van der Waals surface area contributed by atoms with Gasteiger partial charge in [0.15, 0.2) is 5.78 Å². The number of hydrogen-bond acceptors (Lipinski definition) is 2. The number of carbonyl (C=O) groups excluding carboxylic acids is 2. The quantitative estimate of drug-likeness (QED) is 0.535. The SMILES string of the molecule is CC1=CC(=O)C(CC=O)C1. The van der Waals surface area contributed by atoms with Crippen molar-refractivity contribution in [2.45, 2.75) is 19.8 Å². The number of allylic oxidation sites excluding steroid dienone is 2. The lowest BCUT2D eigenvalue weighted by molar-refractivity contribution is -0.120. The van der Waals surface area contributed by atoms with Crippen LogP contribution in [0.2, 0.25) is 0 Å². The Hall–Kier alpha value is -0.920. The van der Waals surface area contributed by atoms with Gasteiger partial charge in [0.1, 0.15) is 6.29 Å². The molecule has 1 aliphatic carbocycles. The van der Waals surface area contributed by atoms with Gasteiger partial charge in [0.25, 0.3) is 0 Å². The first-order chi connectivity index (χ1) is 4.74. The Balaban J connectivity index is 2.55. The van der Waals surface area contributed by atoms with Crippen molar-refractivity contribution >= 4 is 12.1 Å². The normalized spacial score (nSPS) is 24.7. The lowest BCUT2D eigenvalue weighted by Crippen LogP contribution is -2.06. The molecule has 2 nitrogen and oxygen atoms in total. The van der Waals surface area contributed by atoms with E-state index in [1.165, 1.54) is 0 Å². The molecule has 0 bridgehead atoms. The van der Waals surface area contributed by atoms with E-state index in [0.717, 1.165) is 18.3 Å². The molecule has 2 heteroatoms. The standard InChI is InChI=1S/C8H10O2/c1-6-4-7(2-3-9)8(10)5-6/h3,5,7H,2,4H2,1H3. The molecule has 0 N–H and O–H groups in total. The van der Waals surface area contributed by atoms with Crippen LogP contribution in [0.15, 0.2) is 11.6 Å². The van der Waals surface area contributed by atoms with Crippen LogP contribution >= 0.6 is 0 Å². The lowest BCUT2D eigenvalue weighted by Gasteiger charge is -2.00. The topological polar surface area (TPSA) is 34.1 Å². The number of ketones is 1. The molecule has 0 aromatic carbocycles. The average Bonchev–Trinajstić information content (AvgIpc) is 2.13. The van der Waals surface area contributed by atoms with E-state index in [-0.39, 0.29) is 11.7 Å². The van der Waals surface area contributed by atoms with Gasteiger partial charge in [-0.15, -0.1) is 0 Å². The van der Waals surface area contributed by atoms with Gasteiger partial charge in [0.2, 0.25) is 0 Å². The molecular weight excluding hydrogens is 128 g/mol. The van der Waals surface area contributed by atoms with E-state index in [4.69, 9.17) is 0 Å². The molecule has 0 saturated carbocycles. The van der Waals surface area contributed by atoms with Crippen LogP contribution in [-0.4, -0.2) is 12.1 Å². The molecule has 10 heavy (non-hydrogen) atoms. The van der Waals surface area contributed by atoms with E-state index in [0.29, 0.717) is 6.42 Å². The second-order valence-electron chi connectivity index (χ2n) is 2.70. The third-order valence-corrected chi connectivity index (χ3v) is 1.74. The summed E-state index contributed by atoms with van der Waals surface area (Å²) in [6, 6.07) is 0. The number of aldehydes is 1. The minimum Gasteiger partial charge on any atom is -0.303 e. The highest BCUT2D eigenvalue weighted by Gasteiger charge is 2.21. The average molecular weight is 138 g/mol. The third-order valence-electron chi connectivity index (χ3n) is 1.74. The minimum atomic E-state index is -0.0440. The first kappa shape index (κ1) is 7.19. The number of carbonyl (C=O) groups is 2. The fourth-order valence-electron chi connectivity index (χ4n) is 1.22. The lowest BCUT2D eigenvalue weighted by atomic mass is 10.0. The van der Waals surface area contributed by atoms with Crippen molar-refractivity contribution in [1.29, 1.82) is 0 Å². The molecule has 1 atom stereocenters. The molecule has 1 rings (SSSR count). The Labute approximate surface area is 59.9 Å². The zero-order valence-corrected chi connectivity index (χ0v) is 5.96. The Kier molecular flexibility index (Phi) is 2.00. The van der Waals surface area contributed by atoms with E-state index in [1.807, 2.05) is 6.92 Å². The molecule has 0 radical (unpaired) electrons. The molecule has 0 spiro atoms. The summed E-state index contributed by atoms with van der Waals surface area (Å²) >= 11 is 0. The molecule has 1 unspecified atom stereocenters. The number of hydrogen-bond donors (Lipinski definition) is 0. The molecular formula is C8H10O2. The predicted octanol–water partition coefficient (Wildman–Crippen LogP) is 1.11. The van der Waals surface area contributed by atoms with Crippen molar-refractivity contribution in [3.63, 3.8) is 0 Å². The third kappa shape index (κ3) is 1.32. The van der Waals surface area contributed by atoms with E-state index in [9.17, 15) is 9.59 Å². The fourth-order valence-corrected chi connectivity index (χ4v) is 1.22. The van der Waals surface area contributed by atoms with Crippen LogP contribution in [0.25, 0.3) is 0 Å². The van der Waals surface area contributed by atoms with E-state index < -0.39 is 0 Å². The monoisotopic (exact) mass is 138 g/mol. The van der Waals surface area contributed by atoms with Gasteiger partial charge in [-0.25, -0.2) is 0 Å². The zero-order chi connectivity index (χ0) is 7.56. The molecule has 0 heterocycles. The molecule has 0 amide bonds. The van der Waals surface area contributed by atoms with Gasteiger partial charge >= 0.3 is 0 Å². The summed E-state index contributed by atoms with van der Waals surface area (Å²) in [5.74, 6) is 0.0714. The van der Waals surface area contributed by atoms with Gasteiger partial charge in [0, 0.05) is 12.3 Å². The summed E-state index contributed by atoms with van der Waals surface area (Å²) in [5.41, 5.74) is 1.09. The summed E-state index contributed by atoms with van der Waals surface area (Å²) in [6.07, 6.45) is 3.60. The predicted molar refractivity (Wildman–Crippen MR) is 37.6 cm³/mol. The second kappa shape index (κ2) is 2.78. The summed E-state index contributed by atoms with van der Waals surface area (Å²) in [6.45, 7) is 1.92. The molecule has 0 aromatic heterocycles. The van der Waals surface area contributed by atoms with Crippen molar-refractivity contribution in [2.24, 2.45) is 5.92 Å². The van der Waals surface area contributed by atoms with Gasteiger partial charge in [-0.3, -0.25) is 4.79 Å². The molecule has 0 saturated heterocycles. The van der Waals surface area contributed by atoms with Crippen LogP contribution in [0.5, 0.6) is 0 Å². The van der Waals surface area contributed by atoms with Gasteiger partial charge < -0.3 is 4.79 Å². The van der Waals surface area contributed by atoms with E-state index in [2.05, 4.69) is 0 Å². The van der Waals surface area contributed by atoms with Crippen LogP contribution in [0, 0.1) is 5.92 Å². The maximum atomic E-state index is 10.9. The van der Waals surface area contributed by atoms with E-state index in [1.54, 1.807) is 6.08 Å². The minimum absolute atomic E-state index is 0.0440. The summed E-state index contributed by atoms with van der Waals surface area (Å²) < 4.78 is 0. The molecule has 0 fully saturated rings. The van der Waals surface area contributed by atoms with Crippen molar-refractivity contribution in [3.8, 4) is 0 Å². The molecule has 0 aliphatic heterocycles. The van der Waals surface area contributed by atoms with Crippen molar-refractivity contribution in [2.75, 3.05) is 0 Å². The highest BCUT2D eigenvalue weighted by Crippen LogP contribution is 2.22. The van der Waals surface area contributed by atoms with Gasteiger partial charge in [0.05, 0.1) is 0 Å². The first-order valence-corrected chi connectivity index (χ1v) is 3.38. The zero-order valence-electron chi connectivity index (χ0n) is 5.96. The maximum absolute atomic E-state index is 10.9.